The third-order valence-corrected chi connectivity index (χ3v) is 15.7. The van der Waals surface area contributed by atoms with Gasteiger partial charge in [0.2, 0.25) is 17.3 Å². The summed E-state index contributed by atoms with van der Waals surface area (Å²) in [6.45, 7) is 16.0. The van der Waals surface area contributed by atoms with E-state index in [1.54, 1.807) is 66.2 Å². The number of carbonyl (C=O) groups excluding carboxylic acids is 3. The van der Waals surface area contributed by atoms with E-state index in [4.69, 9.17) is 13.3 Å². The molecule has 3 N–H and O–H groups in total. The summed E-state index contributed by atoms with van der Waals surface area (Å²) in [5.74, 6) is 1.81. The zero-order valence-corrected chi connectivity index (χ0v) is 47.6. The third kappa shape index (κ3) is 15.5. The summed E-state index contributed by atoms with van der Waals surface area (Å²) < 4.78 is 35.0. The van der Waals surface area contributed by atoms with E-state index >= 15 is 0 Å². The van der Waals surface area contributed by atoms with Crippen molar-refractivity contribution < 1.29 is 36.3 Å². The summed E-state index contributed by atoms with van der Waals surface area (Å²) in [4.78, 5) is 37.5. The monoisotopic (exact) mass is 1130 g/mol. The van der Waals surface area contributed by atoms with Gasteiger partial charge in [-0.1, -0.05) is 106 Å². The van der Waals surface area contributed by atoms with Crippen molar-refractivity contribution in [3.8, 4) is 34.2 Å². The summed E-state index contributed by atoms with van der Waals surface area (Å²) in [7, 11) is 0. The molecule has 2 atom stereocenters. The van der Waals surface area contributed by atoms with Gasteiger partial charge in [-0.25, -0.2) is 4.39 Å². The molecule has 2 aliphatic carbocycles. The molecule has 0 spiro atoms. The number of hydrogen-bond donors (Lipinski definition) is 3. The van der Waals surface area contributed by atoms with E-state index in [0.29, 0.717) is 29.1 Å². The number of aromatic nitrogens is 9. The van der Waals surface area contributed by atoms with Gasteiger partial charge in [-0.15, -0.1) is 30.6 Å². The summed E-state index contributed by atoms with van der Waals surface area (Å²) >= 11 is 3.72. The maximum absolute atomic E-state index is 14.3. The van der Waals surface area contributed by atoms with Gasteiger partial charge >= 0.3 is 0 Å². The van der Waals surface area contributed by atoms with Gasteiger partial charge in [-0.3, -0.25) is 14.4 Å². The van der Waals surface area contributed by atoms with Crippen LogP contribution in [0.15, 0.2) is 175 Å². The fraction of sp³-hybridized carbons (Fsp3) is 0.316. The number of carbonyl (C=O) groups is 3. The fourth-order valence-electron chi connectivity index (χ4n) is 7.69. The van der Waals surface area contributed by atoms with Crippen molar-refractivity contribution in [2.45, 2.75) is 125 Å². The van der Waals surface area contributed by atoms with Gasteiger partial charge in [0.25, 0.3) is 5.91 Å². The highest BCUT2D eigenvalue weighted by Crippen LogP contribution is 2.52. The third-order valence-electron chi connectivity index (χ3n) is 11.9. The Morgan fingerprint density at radius 1 is 0.557 bits per heavy atom. The summed E-state index contributed by atoms with van der Waals surface area (Å²) in [6, 6.07) is 33.3. The predicted octanol–water partition coefficient (Wildman–Crippen LogP) is 14.3. The number of benzene rings is 3. The Hall–Kier alpha value is -7.69. The number of halogens is 1. The van der Waals surface area contributed by atoms with Crippen LogP contribution in [-0.4, -0.2) is 77.5 Å². The number of amides is 3. The van der Waals surface area contributed by atoms with Crippen LogP contribution < -0.4 is 16.0 Å². The average Bonchev–Trinajstić information content (AvgIpc) is 4.18. The lowest BCUT2D eigenvalue weighted by molar-refractivity contribution is -0.118. The van der Waals surface area contributed by atoms with Gasteiger partial charge in [0.15, 0.2) is 32.9 Å². The van der Waals surface area contributed by atoms with E-state index in [9.17, 15) is 18.8 Å². The zero-order chi connectivity index (χ0) is 56.2. The van der Waals surface area contributed by atoms with Crippen molar-refractivity contribution in [3.63, 3.8) is 0 Å². The molecule has 2 fully saturated rings. The van der Waals surface area contributed by atoms with Crippen molar-refractivity contribution in [1.82, 2.24) is 44.3 Å². The van der Waals surface area contributed by atoms with Crippen LogP contribution in [0, 0.1) is 5.92 Å². The minimum absolute atomic E-state index is 0. The van der Waals surface area contributed by atoms with Crippen LogP contribution in [-0.2, 0) is 34.0 Å². The van der Waals surface area contributed by atoms with E-state index in [1.807, 2.05) is 136 Å². The fourth-order valence-corrected chi connectivity index (χ4v) is 11.0. The van der Waals surface area contributed by atoms with Crippen molar-refractivity contribution in [2.75, 3.05) is 16.0 Å². The molecule has 2 unspecified atom stereocenters. The first-order chi connectivity index (χ1) is 38.7. The van der Waals surface area contributed by atoms with Crippen LogP contribution in [0.4, 0.5) is 21.5 Å². The lowest BCUT2D eigenvalue weighted by atomic mass is 10.2. The molecule has 9 aromatic rings. The summed E-state index contributed by atoms with van der Waals surface area (Å²) in [5.41, 5.74) is 2.91. The maximum atomic E-state index is 14.3. The molecule has 0 aliphatic heterocycles. The predicted molar refractivity (Wildman–Crippen MR) is 315 cm³/mol. The van der Waals surface area contributed by atoms with E-state index < -0.39 is 16.2 Å². The molecule has 420 valence electrons. The molecule has 2 saturated carbocycles. The molecule has 6 heterocycles. The van der Waals surface area contributed by atoms with E-state index in [1.165, 1.54) is 29.8 Å². The van der Waals surface area contributed by atoms with Gasteiger partial charge in [-0.05, 0) is 119 Å². The largest absolute Gasteiger partial charge is 0.472 e. The first-order valence-electron chi connectivity index (χ1n) is 26.3. The number of rotatable bonds is 19. The van der Waals surface area contributed by atoms with Gasteiger partial charge in [-0.2, -0.15) is 0 Å². The molecular formula is C57H71FN12O6S3. The van der Waals surface area contributed by atoms with Crippen molar-refractivity contribution in [2.24, 2.45) is 5.92 Å². The Kier molecular flexibility index (Phi) is 21.9. The van der Waals surface area contributed by atoms with Gasteiger partial charge in [0.1, 0.15) is 23.5 Å². The highest BCUT2D eigenvalue weighted by molar-refractivity contribution is 8.01. The van der Waals surface area contributed by atoms with E-state index in [-0.39, 0.29) is 21.3 Å². The van der Waals surface area contributed by atoms with Crippen LogP contribution in [0.2, 0.25) is 0 Å². The Labute approximate surface area is 476 Å². The van der Waals surface area contributed by atoms with E-state index in [2.05, 4.69) is 46.5 Å². The molecule has 6 aromatic heterocycles. The number of anilines is 3. The molecule has 0 saturated heterocycles. The zero-order valence-electron chi connectivity index (χ0n) is 45.1. The number of nitrogens with one attached hydrogen (secondary N) is 3. The smallest absolute Gasteiger partial charge is 0.269 e. The standard InChI is InChI=1S/C19H20N4O2S.C18H18N4O2S.C16H15FN4O2S.2C2H6.3H2/c1-2-23-17(14-10-11-25-12-14)21-22-19(23)26-16(13-8-9-13)18(24)20-15-6-4-3-5-7-15;1-2-22-15(13-8-11-24-12-13)20-21-17(22)25-18(9-10-18)16(23)19-14-6-4-3-5-7-14;1-2-21-14(11-8-9-23-10-11)19-20-16(21)24-13(17)15(22)18-12-6-4-3-5-7-12;2*1-2;;;/h3-7,10-13,16H,2,8-9H2,1H3,(H,20,24);3-8,11-12H,2,9-10H2,1H3,(H,19,23);3-10,13H,2H2,1H3,(H,18,22);2*1-2H3;3*1H. The topological polar surface area (TPSA) is 219 Å². The molecule has 2 aliphatic rings. The molecule has 79 heavy (non-hydrogen) atoms. The molecule has 18 nitrogen and oxygen atoms in total. The first kappa shape index (κ1) is 59.0. The molecule has 22 heteroatoms. The maximum Gasteiger partial charge on any atom is 0.269 e. The van der Waals surface area contributed by atoms with E-state index in [0.717, 1.165) is 101 Å². The first-order valence-corrected chi connectivity index (χ1v) is 28.9. The van der Waals surface area contributed by atoms with Gasteiger partial charge in [0.05, 0.1) is 40.7 Å². The van der Waals surface area contributed by atoms with Crippen molar-refractivity contribution in [3.05, 3.63) is 147 Å². The lowest BCUT2D eigenvalue weighted by Gasteiger charge is -2.16. The Bertz CT molecular complexity index is 3260. The van der Waals surface area contributed by atoms with Crippen LogP contribution in [0.5, 0.6) is 0 Å². The van der Waals surface area contributed by atoms with Gasteiger partial charge in [0, 0.05) is 41.0 Å². The van der Waals surface area contributed by atoms with Crippen molar-refractivity contribution >= 4 is 70.1 Å². The molecule has 3 aromatic carbocycles. The number of para-hydroxylation sites is 3. The lowest BCUT2D eigenvalue weighted by Crippen LogP contribution is -2.27. The molecule has 0 bridgehead atoms. The minimum Gasteiger partial charge on any atom is -0.472 e. The second-order valence-corrected chi connectivity index (χ2v) is 20.6. The van der Waals surface area contributed by atoms with Crippen LogP contribution in [0.1, 0.15) is 78.4 Å². The normalized spacial score (nSPS) is 13.5. The molecule has 3 amide bonds. The Balaban J connectivity index is 0.000000252. The van der Waals surface area contributed by atoms with Crippen LogP contribution in [0.25, 0.3) is 34.2 Å². The average molecular weight is 1140 g/mol. The molecule has 11 rings (SSSR count). The second kappa shape index (κ2) is 29.3. The van der Waals surface area contributed by atoms with Crippen LogP contribution >= 0.6 is 35.3 Å². The van der Waals surface area contributed by atoms with Gasteiger partial charge < -0.3 is 42.9 Å². The number of hydrogen-bond acceptors (Lipinski definition) is 15. The molecule has 0 radical (unpaired) electrons. The highest BCUT2D eigenvalue weighted by atomic mass is 32.2. The number of thioether (sulfide) groups is 3. The van der Waals surface area contributed by atoms with Crippen molar-refractivity contribution in [1.29, 1.82) is 0 Å². The second-order valence-electron chi connectivity index (χ2n) is 17.1. The Morgan fingerprint density at radius 2 is 0.937 bits per heavy atom. The Morgan fingerprint density at radius 3 is 1.32 bits per heavy atom. The quantitative estimate of drug-likeness (QED) is 0.0641. The summed E-state index contributed by atoms with van der Waals surface area (Å²) in [6.07, 6.45) is 13.5. The highest BCUT2D eigenvalue weighted by Gasteiger charge is 2.52. The van der Waals surface area contributed by atoms with Crippen LogP contribution in [0.3, 0.4) is 0 Å². The number of nitrogens with zero attached hydrogens (tertiary/aromatic N) is 9. The molecular weight excluding hydrogens is 1060 g/mol. The summed E-state index contributed by atoms with van der Waals surface area (Å²) in [5, 5.41) is 35.5. The number of furan rings is 3. The number of alkyl halides is 1. The minimum atomic E-state index is -1.79. The SMILES string of the molecule is CC.CC.CCn1c(SC(C(=O)Nc2ccccc2)C2CC2)nnc1-c1ccoc1.CCn1c(SC(F)C(=O)Nc2ccccc2)nnc1-c1ccoc1.CCn1c(SC2(C(=O)Nc3ccccc3)CC2)nnc1-c1ccoc1.[HH].[HH].[HH].